The number of aromatic nitrogens is 1. The van der Waals surface area contributed by atoms with E-state index in [2.05, 4.69) is 10.3 Å². The topological polar surface area (TPSA) is 45.2 Å². The van der Waals surface area contributed by atoms with Crippen LogP contribution in [-0.2, 0) is 4.79 Å². The Bertz CT molecular complexity index is 357. The number of anilines is 1. The molecular weight excluding hydrogens is 209 g/mol. The number of amides is 1. The molecule has 1 aromatic heterocycles. The standard InChI is InChI=1S/C11H16FN3O/c1-3-13-11(16)8-15(4-2)9-5-6-14-10(12)7-9/h5-7H,3-4,8H2,1-2H3,(H,13,16). The summed E-state index contributed by atoms with van der Waals surface area (Å²) >= 11 is 0. The molecule has 16 heavy (non-hydrogen) atoms. The summed E-state index contributed by atoms with van der Waals surface area (Å²) in [4.78, 5) is 16.7. The molecule has 0 unspecified atom stereocenters. The molecule has 1 heterocycles. The third kappa shape index (κ3) is 3.49. The molecule has 0 spiro atoms. The largest absolute Gasteiger partial charge is 0.362 e. The fourth-order valence-corrected chi connectivity index (χ4v) is 1.40. The van der Waals surface area contributed by atoms with Crippen LogP contribution in [0.25, 0.3) is 0 Å². The SMILES string of the molecule is CCNC(=O)CN(CC)c1ccnc(F)c1. The molecule has 0 radical (unpaired) electrons. The van der Waals surface area contributed by atoms with Crippen LogP contribution < -0.4 is 10.2 Å². The number of hydrogen-bond acceptors (Lipinski definition) is 3. The predicted molar refractivity (Wildman–Crippen MR) is 60.8 cm³/mol. The van der Waals surface area contributed by atoms with Gasteiger partial charge in [-0.25, -0.2) is 4.98 Å². The maximum atomic E-state index is 12.9. The second-order valence-electron chi connectivity index (χ2n) is 3.30. The van der Waals surface area contributed by atoms with Gasteiger partial charge in [0.25, 0.3) is 0 Å². The van der Waals surface area contributed by atoms with E-state index < -0.39 is 5.95 Å². The van der Waals surface area contributed by atoms with Gasteiger partial charge in [0.05, 0.1) is 6.54 Å². The molecule has 1 aromatic rings. The maximum Gasteiger partial charge on any atom is 0.239 e. The Morgan fingerprint density at radius 3 is 2.88 bits per heavy atom. The van der Waals surface area contributed by atoms with Crippen LogP contribution >= 0.6 is 0 Å². The first kappa shape index (κ1) is 12.4. The Labute approximate surface area is 94.5 Å². The Morgan fingerprint density at radius 1 is 1.56 bits per heavy atom. The molecule has 0 bridgehead atoms. The molecule has 0 aliphatic carbocycles. The van der Waals surface area contributed by atoms with Crippen molar-refractivity contribution in [2.45, 2.75) is 13.8 Å². The summed E-state index contributed by atoms with van der Waals surface area (Å²) in [6, 6.07) is 3.01. The number of rotatable bonds is 5. The molecule has 5 heteroatoms. The first-order chi connectivity index (χ1) is 7.67. The lowest BCUT2D eigenvalue weighted by Crippen LogP contribution is -2.37. The zero-order chi connectivity index (χ0) is 12.0. The first-order valence-corrected chi connectivity index (χ1v) is 5.30. The molecule has 0 atom stereocenters. The third-order valence-electron chi connectivity index (χ3n) is 2.17. The van der Waals surface area contributed by atoms with Crippen molar-refractivity contribution >= 4 is 11.6 Å². The van der Waals surface area contributed by atoms with Gasteiger partial charge in [-0.1, -0.05) is 0 Å². The van der Waals surface area contributed by atoms with Crippen molar-refractivity contribution in [3.05, 3.63) is 24.3 Å². The van der Waals surface area contributed by atoms with Crippen molar-refractivity contribution in [2.24, 2.45) is 0 Å². The highest BCUT2D eigenvalue weighted by atomic mass is 19.1. The van der Waals surface area contributed by atoms with Crippen LogP contribution in [-0.4, -0.2) is 30.5 Å². The minimum Gasteiger partial charge on any atom is -0.362 e. The number of nitrogens with one attached hydrogen (secondary N) is 1. The second-order valence-corrected chi connectivity index (χ2v) is 3.30. The van der Waals surface area contributed by atoms with E-state index in [4.69, 9.17) is 0 Å². The molecular formula is C11H16FN3O. The van der Waals surface area contributed by atoms with Gasteiger partial charge < -0.3 is 10.2 Å². The Morgan fingerprint density at radius 2 is 2.31 bits per heavy atom. The Kier molecular flexibility index (Phi) is 4.69. The zero-order valence-corrected chi connectivity index (χ0v) is 9.53. The lowest BCUT2D eigenvalue weighted by molar-refractivity contribution is -0.119. The molecule has 1 N–H and O–H groups in total. The Hall–Kier alpha value is -1.65. The summed E-state index contributed by atoms with van der Waals surface area (Å²) in [6.45, 7) is 5.24. The average Bonchev–Trinajstić information content (AvgIpc) is 2.26. The normalized spacial score (nSPS) is 9.94. The van der Waals surface area contributed by atoms with Gasteiger partial charge >= 0.3 is 0 Å². The highest BCUT2D eigenvalue weighted by Crippen LogP contribution is 2.13. The van der Waals surface area contributed by atoms with E-state index in [0.29, 0.717) is 18.8 Å². The van der Waals surface area contributed by atoms with E-state index >= 15 is 0 Å². The van der Waals surface area contributed by atoms with Crippen molar-refractivity contribution in [3.8, 4) is 0 Å². The summed E-state index contributed by atoms with van der Waals surface area (Å²) in [5.41, 5.74) is 0.668. The van der Waals surface area contributed by atoms with Crippen LogP contribution in [0.4, 0.5) is 10.1 Å². The van der Waals surface area contributed by atoms with Gasteiger partial charge in [-0.2, -0.15) is 4.39 Å². The van der Waals surface area contributed by atoms with Crippen molar-refractivity contribution in [1.82, 2.24) is 10.3 Å². The quantitative estimate of drug-likeness (QED) is 0.765. The number of carbonyl (C=O) groups is 1. The van der Waals surface area contributed by atoms with Gasteiger partial charge in [0.1, 0.15) is 0 Å². The van der Waals surface area contributed by atoms with E-state index in [-0.39, 0.29) is 12.5 Å². The highest BCUT2D eigenvalue weighted by Gasteiger charge is 2.09. The maximum absolute atomic E-state index is 12.9. The molecule has 0 aromatic carbocycles. The number of carbonyl (C=O) groups excluding carboxylic acids is 1. The van der Waals surface area contributed by atoms with Crippen LogP contribution in [0, 0.1) is 5.95 Å². The van der Waals surface area contributed by atoms with Crippen molar-refractivity contribution in [3.63, 3.8) is 0 Å². The molecule has 1 rings (SSSR count). The minimum absolute atomic E-state index is 0.0680. The summed E-state index contributed by atoms with van der Waals surface area (Å²) in [7, 11) is 0. The van der Waals surface area contributed by atoms with Gasteiger partial charge in [0.2, 0.25) is 11.9 Å². The first-order valence-electron chi connectivity index (χ1n) is 5.30. The number of nitrogens with zero attached hydrogens (tertiary/aromatic N) is 2. The van der Waals surface area contributed by atoms with Crippen LogP contribution in [0.5, 0.6) is 0 Å². The molecule has 0 aliphatic rings. The number of likely N-dealkylation sites (N-methyl/N-ethyl adjacent to an activating group) is 2. The fourth-order valence-electron chi connectivity index (χ4n) is 1.40. The minimum atomic E-state index is -0.535. The summed E-state index contributed by atoms with van der Waals surface area (Å²) in [5, 5.41) is 2.70. The van der Waals surface area contributed by atoms with Crippen LogP contribution in [0.1, 0.15) is 13.8 Å². The number of hydrogen-bond donors (Lipinski definition) is 1. The van der Waals surface area contributed by atoms with Crippen LogP contribution in [0.15, 0.2) is 18.3 Å². The predicted octanol–water partition coefficient (Wildman–Crippen LogP) is 1.18. The van der Waals surface area contributed by atoms with E-state index in [0.717, 1.165) is 0 Å². The number of halogens is 1. The van der Waals surface area contributed by atoms with E-state index in [9.17, 15) is 9.18 Å². The molecule has 0 saturated carbocycles. The van der Waals surface area contributed by atoms with Gasteiger partial charge in [-0.05, 0) is 19.9 Å². The van der Waals surface area contributed by atoms with Crippen molar-refractivity contribution in [1.29, 1.82) is 0 Å². The molecule has 0 aliphatic heterocycles. The van der Waals surface area contributed by atoms with Gasteiger partial charge in [-0.3, -0.25) is 4.79 Å². The lowest BCUT2D eigenvalue weighted by atomic mass is 10.3. The van der Waals surface area contributed by atoms with Crippen LogP contribution in [0.2, 0.25) is 0 Å². The van der Waals surface area contributed by atoms with Gasteiger partial charge in [0, 0.05) is 31.0 Å². The summed E-state index contributed by atoms with van der Waals surface area (Å²) in [6.07, 6.45) is 1.39. The molecule has 1 amide bonds. The number of pyridine rings is 1. The molecule has 88 valence electrons. The van der Waals surface area contributed by atoms with Gasteiger partial charge in [0.15, 0.2) is 0 Å². The third-order valence-corrected chi connectivity index (χ3v) is 2.17. The van der Waals surface area contributed by atoms with Crippen molar-refractivity contribution < 1.29 is 9.18 Å². The van der Waals surface area contributed by atoms with Crippen molar-refractivity contribution in [2.75, 3.05) is 24.5 Å². The summed E-state index contributed by atoms with van der Waals surface area (Å²) in [5.74, 6) is -0.603. The van der Waals surface area contributed by atoms with E-state index in [1.165, 1.54) is 12.3 Å². The second kappa shape index (κ2) is 6.05. The molecule has 4 nitrogen and oxygen atoms in total. The zero-order valence-electron chi connectivity index (χ0n) is 9.53. The summed E-state index contributed by atoms with van der Waals surface area (Å²) < 4.78 is 12.9. The average molecular weight is 225 g/mol. The van der Waals surface area contributed by atoms with Crippen LogP contribution in [0.3, 0.4) is 0 Å². The highest BCUT2D eigenvalue weighted by molar-refractivity contribution is 5.81. The van der Waals surface area contributed by atoms with E-state index in [1.807, 2.05) is 13.8 Å². The molecule has 0 saturated heterocycles. The molecule has 0 fully saturated rings. The lowest BCUT2D eigenvalue weighted by Gasteiger charge is -2.22. The van der Waals surface area contributed by atoms with E-state index in [1.54, 1.807) is 11.0 Å². The smallest absolute Gasteiger partial charge is 0.239 e. The Balaban J connectivity index is 2.70. The monoisotopic (exact) mass is 225 g/mol. The fraction of sp³-hybridized carbons (Fsp3) is 0.455. The van der Waals surface area contributed by atoms with Gasteiger partial charge in [-0.15, -0.1) is 0 Å².